The lowest BCUT2D eigenvalue weighted by Gasteiger charge is -2.26. The van der Waals surface area contributed by atoms with Crippen LogP contribution in [-0.2, 0) is 33.8 Å². The van der Waals surface area contributed by atoms with Gasteiger partial charge in [0.2, 0.25) is 5.43 Å². The summed E-state index contributed by atoms with van der Waals surface area (Å²) in [6, 6.07) is 1.48. The predicted molar refractivity (Wildman–Crippen MR) is 180 cm³/mol. The van der Waals surface area contributed by atoms with Gasteiger partial charge in [-0.1, -0.05) is 0 Å². The molecule has 1 saturated heterocycles. The molecule has 1 fully saturated rings. The fourth-order valence-corrected chi connectivity index (χ4v) is 7.77. The molecule has 9 atom stereocenters. The summed E-state index contributed by atoms with van der Waals surface area (Å²) in [7, 11) is -11.1. The number of nitrogen functional groups attached to an aromatic ring is 1. The van der Waals surface area contributed by atoms with Crippen molar-refractivity contribution in [3.05, 3.63) is 60.9 Å². The van der Waals surface area contributed by atoms with Crippen LogP contribution >= 0.6 is 15.6 Å². The van der Waals surface area contributed by atoms with Crippen LogP contribution in [0, 0.1) is 13.8 Å². The van der Waals surface area contributed by atoms with Crippen molar-refractivity contribution in [2.45, 2.75) is 63.2 Å². The van der Waals surface area contributed by atoms with Crippen LogP contribution in [0.1, 0.15) is 17.4 Å². The van der Waals surface area contributed by atoms with E-state index in [9.17, 15) is 58.8 Å². The maximum absolute atomic E-state index is 13.0. The Hall–Kier alpha value is -4.33. The number of fused-ring (bicyclic) bond motifs is 3. The summed E-state index contributed by atoms with van der Waals surface area (Å²) < 4.78 is 46.4. The molecule has 3 aromatic rings. The number of hydrogen-bond acceptors (Lipinski definition) is 19. The Morgan fingerprint density at radius 3 is 2.41 bits per heavy atom. The average Bonchev–Trinajstić information content (AvgIpc) is 3.65. The molecular formula is C27H33N9O16P2. The van der Waals surface area contributed by atoms with E-state index < -0.39 is 94.9 Å². The van der Waals surface area contributed by atoms with E-state index in [4.69, 9.17) is 10.5 Å². The Kier molecular flexibility index (Phi) is 10.7. The van der Waals surface area contributed by atoms with E-state index in [1.165, 1.54) is 23.9 Å². The van der Waals surface area contributed by atoms with E-state index in [2.05, 4.69) is 38.3 Å². The van der Waals surface area contributed by atoms with Gasteiger partial charge in [-0.25, -0.2) is 33.9 Å². The van der Waals surface area contributed by atoms with Crippen LogP contribution < -0.4 is 22.4 Å². The fourth-order valence-electron chi connectivity index (χ4n) is 5.68. The van der Waals surface area contributed by atoms with Gasteiger partial charge >= 0.3 is 21.3 Å². The van der Waals surface area contributed by atoms with Crippen LogP contribution in [0.2, 0.25) is 0 Å². The van der Waals surface area contributed by atoms with Crippen LogP contribution in [0.3, 0.4) is 0 Å². The topological polar surface area (TPSA) is 383 Å². The summed E-state index contributed by atoms with van der Waals surface area (Å²) in [5, 5.41) is 53.1. The number of hydrogen-bond donors (Lipinski definition) is 10. The van der Waals surface area contributed by atoms with Crippen molar-refractivity contribution < 1.29 is 62.5 Å². The SMILES string of the molecule is Cc1cc2n(C[C@@H](O)[C@@H](O)[C@H](O)COP(=O)(O)OP(=O)(O)OC[C@@H]3O[C@@H](n4cnc5c(N)ncnc54)[C@H](O)[C@H]3O)c3[nH]c(=O)[nH]c(=O)c3nc-2c(=O)c1C. The number of anilines is 1. The highest BCUT2D eigenvalue weighted by Gasteiger charge is 2.46. The van der Waals surface area contributed by atoms with Gasteiger partial charge in [0.25, 0.3) is 5.56 Å². The minimum absolute atomic E-state index is 0.0211. The number of aliphatic hydroxyl groups excluding tert-OH is 5. The molecule has 2 aliphatic heterocycles. The van der Waals surface area contributed by atoms with E-state index >= 15 is 0 Å². The molecule has 3 aromatic heterocycles. The lowest BCUT2D eigenvalue weighted by atomic mass is 10.0. The largest absolute Gasteiger partial charge is 0.481 e. The van der Waals surface area contributed by atoms with Gasteiger partial charge < -0.3 is 50.4 Å². The van der Waals surface area contributed by atoms with Crippen LogP contribution in [0.5, 0.6) is 0 Å². The summed E-state index contributed by atoms with van der Waals surface area (Å²) in [6.45, 7) is 0.190. The van der Waals surface area contributed by atoms with E-state index in [0.29, 0.717) is 11.1 Å². The van der Waals surface area contributed by atoms with Gasteiger partial charge in [-0.15, -0.1) is 0 Å². The third-order valence-corrected chi connectivity index (χ3v) is 11.2. The van der Waals surface area contributed by atoms with Crippen molar-refractivity contribution in [3.8, 4) is 11.4 Å². The number of aryl methyl sites for hydroxylation is 1. The van der Waals surface area contributed by atoms with Crippen molar-refractivity contribution in [3.63, 3.8) is 0 Å². The number of nitrogens with one attached hydrogen (secondary N) is 2. The molecule has 27 heteroatoms. The van der Waals surface area contributed by atoms with Gasteiger partial charge in [0.15, 0.2) is 23.2 Å². The van der Waals surface area contributed by atoms with E-state index in [0.717, 1.165) is 10.9 Å². The van der Waals surface area contributed by atoms with Crippen molar-refractivity contribution >= 4 is 43.8 Å². The molecule has 11 N–H and O–H groups in total. The highest BCUT2D eigenvalue weighted by atomic mass is 31.3. The monoisotopic (exact) mass is 801 g/mol. The normalized spacial score (nSPS) is 23.1. The van der Waals surface area contributed by atoms with E-state index in [1.54, 1.807) is 6.92 Å². The minimum atomic E-state index is -5.58. The standard InChI is InChI=1S/C27H33N9O16P2/c1-9-3-11-15(18(39)10(9)2)32-17-24(33-27(44)34-25(17)43)35(11)4-12(37)19(40)13(38)5-49-53(45,46)52-54(47,48)50-6-14-20(41)21(42)26(51-14)36-8-31-16-22(28)29-7-30-23(16)36/h3,7-8,12-14,19-21,26,37-38,40-42H,4-6H2,1-2H3,(H,45,46)(H,47,48)(H2,28,29,30)(H2,33,34,43,44)/t12-,13-,14+,19-,20+,21-,26-/m1/s1. The van der Waals surface area contributed by atoms with Crippen molar-refractivity contribution in [1.29, 1.82) is 0 Å². The van der Waals surface area contributed by atoms with Crippen molar-refractivity contribution in [2.24, 2.45) is 0 Å². The highest BCUT2D eigenvalue weighted by molar-refractivity contribution is 7.61. The zero-order valence-corrected chi connectivity index (χ0v) is 29.6. The third-order valence-electron chi connectivity index (χ3n) is 8.60. The number of aromatic amines is 2. The summed E-state index contributed by atoms with van der Waals surface area (Å²) in [5.41, 5.74) is 3.55. The molecule has 2 unspecified atom stereocenters. The number of nitrogens with two attached hydrogens (primary N) is 1. The Bertz CT molecular complexity index is 2470. The number of imidazole rings is 1. The number of rotatable bonds is 13. The molecular weight excluding hydrogens is 768 g/mol. The average molecular weight is 802 g/mol. The first-order valence-electron chi connectivity index (χ1n) is 15.6. The second-order valence-electron chi connectivity index (χ2n) is 12.2. The highest BCUT2D eigenvalue weighted by Crippen LogP contribution is 2.60. The molecule has 5 heterocycles. The van der Waals surface area contributed by atoms with E-state index in [-0.39, 0.29) is 39.5 Å². The first-order chi connectivity index (χ1) is 25.3. The molecule has 0 spiro atoms. The number of phosphoric ester groups is 2. The fraction of sp³-hybridized carbons (Fsp3) is 0.444. The number of aromatic nitrogens is 8. The number of phosphoric acid groups is 2. The Morgan fingerprint density at radius 1 is 0.981 bits per heavy atom. The van der Waals surface area contributed by atoms with E-state index in [1.807, 2.05) is 4.98 Å². The molecule has 54 heavy (non-hydrogen) atoms. The van der Waals surface area contributed by atoms with Gasteiger partial charge in [0.05, 0.1) is 31.8 Å². The molecule has 292 valence electrons. The zero-order valence-electron chi connectivity index (χ0n) is 27.9. The lowest BCUT2D eigenvalue weighted by molar-refractivity contribution is -0.0794. The van der Waals surface area contributed by atoms with Gasteiger partial charge in [0, 0.05) is 5.56 Å². The summed E-state index contributed by atoms with van der Waals surface area (Å²) in [6.07, 6.45) is -10.2. The number of nitrogens with zero attached hydrogens (tertiary/aromatic N) is 6. The summed E-state index contributed by atoms with van der Waals surface area (Å²) in [5.74, 6) is 0.0211. The first kappa shape index (κ1) is 39.4. The third kappa shape index (κ3) is 7.63. The Balaban J connectivity index is 1.08. The second-order valence-corrected chi connectivity index (χ2v) is 15.3. The molecule has 0 aromatic carbocycles. The summed E-state index contributed by atoms with van der Waals surface area (Å²) in [4.78, 5) is 78.0. The van der Waals surface area contributed by atoms with Gasteiger partial charge in [-0.3, -0.25) is 33.2 Å². The number of H-pyrrole nitrogens is 2. The van der Waals surface area contributed by atoms with Crippen molar-refractivity contribution in [2.75, 3.05) is 18.9 Å². The van der Waals surface area contributed by atoms with Gasteiger partial charge in [-0.2, -0.15) is 4.31 Å². The molecule has 1 aliphatic carbocycles. The molecule has 6 rings (SSSR count). The van der Waals surface area contributed by atoms with Crippen LogP contribution in [-0.4, -0.2) is 124 Å². The Morgan fingerprint density at radius 2 is 1.69 bits per heavy atom. The lowest BCUT2D eigenvalue weighted by Crippen LogP contribution is -2.42. The quantitative estimate of drug-likeness (QED) is 0.0415. The minimum Gasteiger partial charge on any atom is -0.388 e. The van der Waals surface area contributed by atoms with Gasteiger partial charge in [0.1, 0.15) is 59.8 Å². The molecule has 0 amide bonds. The predicted octanol–water partition coefficient (Wildman–Crippen LogP) is -3.13. The molecule has 3 aliphatic rings. The Labute approximate surface area is 299 Å². The smallest absolute Gasteiger partial charge is 0.388 e. The molecule has 25 nitrogen and oxygen atoms in total. The zero-order chi connectivity index (χ0) is 39.4. The number of ether oxygens (including phenoxy) is 1. The van der Waals surface area contributed by atoms with Gasteiger partial charge in [-0.05, 0) is 25.5 Å². The second kappa shape index (κ2) is 14.7. The molecule has 0 bridgehead atoms. The maximum atomic E-state index is 13.0. The first-order valence-corrected chi connectivity index (χ1v) is 18.6. The summed E-state index contributed by atoms with van der Waals surface area (Å²) >= 11 is 0. The van der Waals surface area contributed by atoms with Crippen molar-refractivity contribution in [1.82, 2.24) is 39.0 Å². The maximum Gasteiger partial charge on any atom is 0.481 e. The molecule has 0 radical (unpaired) electrons. The van der Waals surface area contributed by atoms with Crippen LogP contribution in [0.25, 0.3) is 33.7 Å². The number of aliphatic hydroxyl groups is 5. The molecule has 0 saturated carbocycles. The number of benzene rings is 1. The van der Waals surface area contributed by atoms with Crippen LogP contribution in [0.15, 0.2) is 33.1 Å². The van der Waals surface area contributed by atoms with Crippen LogP contribution in [0.4, 0.5) is 5.82 Å².